The minimum atomic E-state index is -1.59. The van der Waals surface area contributed by atoms with E-state index in [2.05, 4.69) is 21.3 Å². The fourth-order valence-electron chi connectivity index (χ4n) is 6.97. The van der Waals surface area contributed by atoms with Crippen molar-refractivity contribution in [1.29, 1.82) is 0 Å². The molecular formula is C51H94N6O15. The average molecular weight is 1030 g/mol. The molecule has 0 aliphatic heterocycles. The van der Waals surface area contributed by atoms with Crippen molar-refractivity contribution in [1.82, 2.24) is 21.3 Å². The van der Waals surface area contributed by atoms with Gasteiger partial charge in [-0.05, 0) is 74.9 Å². The quantitative estimate of drug-likeness (QED) is 0.0669. The average Bonchev–Trinajstić information content (AvgIpc) is 3.40. The molecule has 0 aliphatic rings. The first-order valence-electron chi connectivity index (χ1n) is 24.9. The fraction of sp³-hybridized carbons (Fsp3) is 0.647. The van der Waals surface area contributed by atoms with Gasteiger partial charge in [0.15, 0.2) is 0 Å². The number of nitrogens with one attached hydrogen (secondary N) is 4. The van der Waals surface area contributed by atoms with Gasteiger partial charge in [-0.1, -0.05) is 83.1 Å². The summed E-state index contributed by atoms with van der Waals surface area (Å²) in [7, 11) is 0. The van der Waals surface area contributed by atoms with Crippen LogP contribution in [0, 0.1) is 41.5 Å². The van der Waals surface area contributed by atoms with E-state index in [0.29, 0.717) is 12.8 Å². The predicted molar refractivity (Wildman–Crippen MR) is 284 cm³/mol. The third-order valence-electron chi connectivity index (χ3n) is 9.81. The highest BCUT2D eigenvalue weighted by molar-refractivity contribution is 6.08. The van der Waals surface area contributed by atoms with Gasteiger partial charge in [-0.15, -0.1) is 0 Å². The van der Waals surface area contributed by atoms with Crippen molar-refractivity contribution in [2.24, 2.45) is 0 Å². The van der Waals surface area contributed by atoms with E-state index < -0.39 is 93.7 Å². The Morgan fingerprint density at radius 3 is 0.708 bits per heavy atom. The largest absolute Gasteiger partial charge is 0.394 e. The number of aliphatic hydroxyl groups is 9. The van der Waals surface area contributed by atoms with E-state index in [0.717, 1.165) is 9.80 Å². The second-order valence-corrected chi connectivity index (χ2v) is 14.3. The maximum Gasteiger partial charge on any atom is 0.252 e. The van der Waals surface area contributed by atoms with Crippen LogP contribution in [0.1, 0.15) is 158 Å². The molecule has 4 unspecified atom stereocenters. The van der Waals surface area contributed by atoms with E-state index in [1.165, 1.54) is 41.5 Å². The zero-order chi connectivity index (χ0) is 57.6. The highest BCUT2D eigenvalue weighted by atomic mass is 16.3. The van der Waals surface area contributed by atoms with Gasteiger partial charge in [-0.2, -0.15) is 0 Å². The lowest BCUT2D eigenvalue weighted by Gasteiger charge is -2.31. The molecule has 0 saturated heterocycles. The summed E-state index contributed by atoms with van der Waals surface area (Å²) in [5.74, 6) is -3.15. The molecule has 21 heteroatoms. The number of nitrogens with zero attached hydrogens (tertiary/aromatic N) is 2. The Kier molecular flexibility index (Phi) is 45.8. The van der Waals surface area contributed by atoms with Crippen molar-refractivity contribution >= 4 is 47.8 Å². The first-order valence-corrected chi connectivity index (χ1v) is 24.9. The zero-order valence-corrected chi connectivity index (χ0v) is 46.5. The Bertz CT molecular complexity index is 1640. The zero-order valence-electron chi connectivity index (χ0n) is 46.5. The normalized spacial score (nSPS) is 11.9. The molecule has 0 bridgehead atoms. The van der Waals surface area contributed by atoms with Crippen LogP contribution in [-0.2, 0) is 9.59 Å². The molecule has 2 rings (SSSR count). The first-order chi connectivity index (χ1) is 34.3. The van der Waals surface area contributed by atoms with Gasteiger partial charge >= 0.3 is 0 Å². The van der Waals surface area contributed by atoms with E-state index >= 15 is 0 Å². The number of hydrogen-bond acceptors (Lipinski definition) is 15. The van der Waals surface area contributed by atoms with E-state index in [9.17, 15) is 74.7 Å². The van der Waals surface area contributed by atoms with Crippen LogP contribution < -0.4 is 31.1 Å². The molecule has 13 N–H and O–H groups in total. The number of hydrogen-bond donors (Lipinski definition) is 13. The highest BCUT2D eigenvalue weighted by Crippen LogP contribution is 2.36. The van der Waals surface area contributed by atoms with Gasteiger partial charge in [-0.25, -0.2) is 0 Å². The second kappa shape index (κ2) is 43.5. The van der Waals surface area contributed by atoms with Crippen LogP contribution in [0.25, 0.3) is 0 Å². The number of carbonyl (C=O) groups is 6. The molecule has 0 aliphatic carbocycles. The van der Waals surface area contributed by atoms with Crippen molar-refractivity contribution in [3.05, 3.63) is 55.6 Å². The maximum absolute atomic E-state index is 13.5. The number of amides is 6. The van der Waals surface area contributed by atoms with Gasteiger partial charge in [0.25, 0.3) is 23.6 Å². The Hall–Kier alpha value is -5.10. The summed E-state index contributed by atoms with van der Waals surface area (Å²) in [6.07, 6.45) is -6.23. The number of benzene rings is 2. The van der Waals surface area contributed by atoms with Crippen LogP contribution in [0.3, 0.4) is 0 Å². The van der Waals surface area contributed by atoms with Crippen molar-refractivity contribution in [2.45, 2.75) is 155 Å². The Morgan fingerprint density at radius 1 is 0.375 bits per heavy atom. The minimum Gasteiger partial charge on any atom is -0.394 e. The lowest BCUT2D eigenvalue weighted by Crippen LogP contribution is -2.42. The molecule has 4 atom stereocenters. The summed E-state index contributed by atoms with van der Waals surface area (Å²) in [5.41, 5.74) is 0.559. The first kappa shape index (κ1) is 75.8. The number of anilines is 2. The van der Waals surface area contributed by atoms with Crippen LogP contribution in [0.2, 0.25) is 0 Å². The molecule has 0 radical (unpaired) electrons. The molecule has 418 valence electrons. The fourth-order valence-corrected chi connectivity index (χ4v) is 6.97. The van der Waals surface area contributed by atoms with E-state index in [1.54, 1.807) is 0 Å². The van der Waals surface area contributed by atoms with Gasteiger partial charge < -0.3 is 77.0 Å². The minimum absolute atomic E-state index is 0.00348. The van der Waals surface area contributed by atoms with Crippen LogP contribution in [-0.4, -0.2) is 179 Å². The third kappa shape index (κ3) is 23.2. The summed E-state index contributed by atoms with van der Waals surface area (Å²) < 4.78 is 0. The Labute approximate surface area is 429 Å². The van der Waals surface area contributed by atoms with Crippen LogP contribution >= 0.6 is 0 Å². The number of carbonyl (C=O) groups excluding carboxylic acids is 6. The molecule has 0 aromatic heterocycles. The number of aliphatic hydroxyl groups excluding tert-OH is 9. The van der Waals surface area contributed by atoms with E-state index in [4.69, 9.17) is 0 Å². The number of rotatable bonds is 24. The van der Waals surface area contributed by atoms with Crippen LogP contribution in [0.4, 0.5) is 11.4 Å². The van der Waals surface area contributed by atoms with Crippen LogP contribution in [0.15, 0.2) is 0 Å². The van der Waals surface area contributed by atoms with Crippen molar-refractivity contribution in [3.63, 3.8) is 0 Å². The summed E-state index contributed by atoms with van der Waals surface area (Å²) in [6.45, 7) is 27.5. The van der Waals surface area contributed by atoms with E-state index in [1.807, 2.05) is 83.1 Å². The molecule has 0 heterocycles. The molecule has 2 aromatic rings. The summed E-state index contributed by atoms with van der Waals surface area (Å²) in [5, 5.41) is 97.8. The summed E-state index contributed by atoms with van der Waals surface area (Å²) in [6, 6.07) is 0. The summed E-state index contributed by atoms with van der Waals surface area (Å²) in [4.78, 5) is 81.8. The molecule has 0 fully saturated rings. The Balaban J connectivity index is -0.00000115. The standard InChI is InChI=1S/C39H58N6O15.6C2H6/c1-19-30(36(57)40-7-25(52)13-46)21(3)34(22(4)31(19)37(58)41-8-26(53)14-47)44(17-50)11-29(56)12-45(18-51)35-23(5)32(38(59)42-9-27(54)15-48)20(2)33(24(35)6)39(60)43-10-28(55)16-49;6*1-2/h17-18,25-29,46-49,52-56H,7-16H2,1-6H3,(H,40,57)(H,41,58)(H,42,59)(H,43,60);6*1-2H3. The van der Waals surface area contributed by atoms with Gasteiger partial charge in [-0.3, -0.25) is 28.8 Å². The van der Waals surface area contributed by atoms with Crippen molar-refractivity contribution in [2.75, 3.05) is 75.5 Å². The SMILES string of the molecule is CC.CC.CC.CC.CC.CC.Cc1c(C(=O)NCC(O)CO)c(C)c(N(C=O)CC(O)CN(C=O)c2c(C)c(C(=O)NCC(O)CO)c(C)c(C(=O)NCC(O)CO)c2C)c(C)c1C(=O)NCC(O)CO. The molecule has 72 heavy (non-hydrogen) atoms. The molecular weight excluding hydrogens is 937 g/mol. The topological polar surface area (TPSA) is 339 Å². The molecule has 0 saturated carbocycles. The summed E-state index contributed by atoms with van der Waals surface area (Å²) >= 11 is 0. The van der Waals surface area contributed by atoms with Crippen molar-refractivity contribution < 1.29 is 74.7 Å². The Morgan fingerprint density at radius 2 is 0.556 bits per heavy atom. The lowest BCUT2D eigenvalue weighted by atomic mass is 9.89. The van der Waals surface area contributed by atoms with Gasteiger partial charge in [0.1, 0.15) is 0 Å². The van der Waals surface area contributed by atoms with E-state index in [-0.39, 0.29) is 93.2 Å². The highest BCUT2D eigenvalue weighted by Gasteiger charge is 2.32. The second-order valence-electron chi connectivity index (χ2n) is 14.3. The van der Waals surface area contributed by atoms with Crippen molar-refractivity contribution in [3.8, 4) is 0 Å². The smallest absolute Gasteiger partial charge is 0.252 e. The third-order valence-corrected chi connectivity index (χ3v) is 9.81. The lowest BCUT2D eigenvalue weighted by molar-refractivity contribution is -0.108. The van der Waals surface area contributed by atoms with Crippen LogP contribution in [0.5, 0.6) is 0 Å². The van der Waals surface area contributed by atoms with Gasteiger partial charge in [0.2, 0.25) is 12.8 Å². The molecule has 2 aromatic carbocycles. The molecule has 0 spiro atoms. The van der Waals surface area contributed by atoms with Gasteiger partial charge in [0.05, 0.1) is 81.4 Å². The molecule has 6 amide bonds. The van der Waals surface area contributed by atoms with Gasteiger partial charge in [0, 0.05) is 48.4 Å². The molecule has 21 nitrogen and oxygen atoms in total. The predicted octanol–water partition coefficient (Wildman–Crippen LogP) is 2.01. The maximum atomic E-state index is 13.5. The monoisotopic (exact) mass is 1030 g/mol.